The highest BCUT2D eigenvalue weighted by atomic mass is 16.6. The number of nitrogens with one attached hydrogen (secondary N) is 2. The maximum atomic E-state index is 11.5. The number of carbonyl (C=O) groups is 2. The molecule has 8 heteroatoms. The Morgan fingerprint density at radius 3 is 2.81 bits per heavy atom. The summed E-state index contributed by atoms with van der Waals surface area (Å²) in [7, 11) is 1.31. The summed E-state index contributed by atoms with van der Waals surface area (Å²) in [5.41, 5.74) is 0.451. The van der Waals surface area contributed by atoms with Gasteiger partial charge >= 0.3 is 5.97 Å². The van der Waals surface area contributed by atoms with Crippen LogP contribution in [0.3, 0.4) is 0 Å². The van der Waals surface area contributed by atoms with Gasteiger partial charge in [0.1, 0.15) is 0 Å². The van der Waals surface area contributed by atoms with Crippen molar-refractivity contribution in [3.05, 3.63) is 34.4 Å². The third kappa shape index (κ3) is 6.37. The number of nitrogens with zero attached hydrogens (tertiary/aromatic N) is 1. The highest BCUT2D eigenvalue weighted by Crippen LogP contribution is 2.16. The predicted molar refractivity (Wildman–Crippen MR) is 75.8 cm³/mol. The molecule has 8 nitrogen and oxygen atoms in total. The molecule has 1 aromatic rings. The van der Waals surface area contributed by atoms with Crippen molar-refractivity contribution >= 4 is 23.3 Å². The summed E-state index contributed by atoms with van der Waals surface area (Å²) in [5, 5.41) is 16.0. The normalized spacial score (nSPS) is 9.76. The summed E-state index contributed by atoms with van der Waals surface area (Å²) in [6, 6.07) is 5.90. The molecule has 0 aliphatic rings. The van der Waals surface area contributed by atoms with Gasteiger partial charge in [-0.15, -0.1) is 0 Å². The Morgan fingerprint density at radius 2 is 2.14 bits per heavy atom. The molecule has 0 aliphatic carbocycles. The summed E-state index contributed by atoms with van der Waals surface area (Å²) in [6.07, 6.45) is 0.740. The Balaban J connectivity index is 2.28. The molecule has 0 aromatic heterocycles. The summed E-state index contributed by atoms with van der Waals surface area (Å²) in [6.45, 7) is 0.365. The molecule has 0 heterocycles. The van der Waals surface area contributed by atoms with Gasteiger partial charge in [0.05, 0.1) is 18.6 Å². The molecule has 1 rings (SSSR count). The predicted octanol–water partition coefficient (Wildman–Crippen LogP) is 1.08. The van der Waals surface area contributed by atoms with Crippen LogP contribution in [0, 0.1) is 10.1 Å². The van der Waals surface area contributed by atoms with E-state index in [0.29, 0.717) is 18.7 Å². The standard InChI is InChI=1S/C13H17N3O5/c1-21-13(18)6-3-7-14-12(17)9-15-10-4-2-5-11(8-10)16(19)20/h2,4-5,8,15H,3,6-7,9H2,1H3,(H,14,17). The van der Waals surface area contributed by atoms with E-state index in [-0.39, 0.29) is 30.5 Å². The number of rotatable bonds is 8. The van der Waals surface area contributed by atoms with Gasteiger partial charge in [0.25, 0.3) is 5.69 Å². The molecule has 0 bridgehead atoms. The number of anilines is 1. The number of methoxy groups -OCH3 is 1. The Hall–Kier alpha value is -2.64. The van der Waals surface area contributed by atoms with Crippen molar-refractivity contribution in [3.8, 4) is 0 Å². The van der Waals surface area contributed by atoms with Gasteiger partial charge in [-0.2, -0.15) is 0 Å². The highest BCUT2D eigenvalue weighted by Gasteiger charge is 2.07. The third-order valence-electron chi connectivity index (χ3n) is 2.62. The highest BCUT2D eigenvalue weighted by molar-refractivity contribution is 5.80. The van der Waals surface area contributed by atoms with Gasteiger partial charge in [-0.3, -0.25) is 19.7 Å². The zero-order valence-electron chi connectivity index (χ0n) is 11.6. The second-order valence-corrected chi connectivity index (χ2v) is 4.19. The molecule has 0 spiro atoms. The van der Waals surface area contributed by atoms with E-state index in [1.165, 1.54) is 25.3 Å². The smallest absolute Gasteiger partial charge is 0.305 e. The molecular weight excluding hydrogens is 278 g/mol. The molecule has 21 heavy (non-hydrogen) atoms. The number of ether oxygens (including phenoxy) is 1. The minimum atomic E-state index is -0.502. The lowest BCUT2D eigenvalue weighted by atomic mass is 10.3. The SMILES string of the molecule is COC(=O)CCCNC(=O)CNc1cccc([N+](=O)[O-])c1. The molecule has 114 valence electrons. The molecule has 0 unspecified atom stereocenters. The molecule has 0 fully saturated rings. The summed E-state index contributed by atoms with van der Waals surface area (Å²) < 4.78 is 4.47. The Bertz CT molecular complexity index is 518. The first kappa shape index (κ1) is 16.4. The molecule has 0 radical (unpaired) electrons. The van der Waals surface area contributed by atoms with Gasteiger partial charge in [-0.1, -0.05) is 6.07 Å². The van der Waals surface area contributed by atoms with Crippen molar-refractivity contribution in [3.63, 3.8) is 0 Å². The monoisotopic (exact) mass is 295 g/mol. The van der Waals surface area contributed by atoms with Crippen LogP contribution >= 0.6 is 0 Å². The van der Waals surface area contributed by atoms with E-state index >= 15 is 0 Å². The first-order chi connectivity index (χ1) is 10.0. The topological polar surface area (TPSA) is 111 Å². The number of non-ortho nitro benzene ring substituents is 1. The van der Waals surface area contributed by atoms with Crippen LogP contribution in [0.5, 0.6) is 0 Å². The van der Waals surface area contributed by atoms with Crippen LogP contribution in [0.25, 0.3) is 0 Å². The fourth-order valence-corrected chi connectivity index (χ4v) is 1.54. The van der Waals surface area contributed by atoms with Crippen LogP contribution in [-0.4, -0.2) is 37.0 Å². The van der Waals surface area contributed by atoms with Gasteiger partial charge in [0.15, 0.2) is 0 Å². The molecule has 1 amide bonds. The van der Waals surface area contributed by atoms with Crippen molar-refractivity contribution in [2.45, 2.75) is 12.8 Å². The van der Waals surface area contributed by atoms with E-state index in [9.17, 15) is 19.7 Å². The Morgan fingerprint density at radius 1 is 1.38 bits per heavy atom. The van der Waals surface area contributed by atoms with Gasteiger partial charge in [0, 0.05) is 30.8 Å². The lowest BCUT2D eigenvalue weighted by Gasteiger charge is -2.07. The van der Waals surface area contributed by atoms with E-state index in [1.54, 1.807) is 6.07 Å². The average Bonchev–Trinajstić information content (AvgIpc) is 2.49. The summed E-state index contributed by atoms with van der Waals surface area (Å²) in [4.78, 5) is 32.5. The summed E-state index contributed by atoms with van der Waals surface area (Å²) >= 11 is 0. The van der Waals surface area contributed by atoms with Crippen LogP contribution in [0.15, 0.2) is 24.3 Å². The number of benzene rings is 1. The molecule has 1 aromatic carbocycles. The van der Waals surface area contributed by atoms with Crippen LogP contribution in [0.2, 0.25) is 0 Å². The maximum absolute atomic E-state index is 11.5. The Kier molecular flexibility index (Phi) is 6.66. The van der Waals surface area contributed by atoms with Crippen molar-refractivity contribution in [2.24, 2.45) is 0 Å². The molecular formula is C13H17N3O5. The number of hydrogen-bond donors (Lipinski definition) is 2. The number of amides is 1. The number of nitro groups is 1. The van der Waals surface area contributed by atoms with Crippen molar-refractivity contribution in [2.75, 3.05) is 25.5 Å². The van der Waals surface area contributed by atoms with E-state index in [2.05, 4.69) is 15.4 Å². The molecule has 0 aliphatic heterocycles. The molecule has 2 N–H and O–H groups in total. The molecule has 0 atom stereocenters. The van der Waals surface area contributed by atoms with E-state index in [0.717, 1.165) is 0 Å². The number of nitro benzene ring substituents is 1. The van der Waals surface area contributed by atoms with Crippen LogP contribution in [0.4, 0.5) is 11.4 Å². The minimum Gasteiger partial charge on any atom is -0.469 e. The largest absolute Gasteiger partial charge is 0.469 e. The van der Waals surface area contributed by atoms with Crippen molar-refractivity contribution in [1.82, 2.24) is 5.32 Å². The molecule has 0 saturated heterocycles. The van der Waals surface area contributed by atoms with Crippen LogP contribution < -0.4 is 10.6 Å². The Labute approximate surface area is 121 Å². The first-order valence-electron chi connectivity index (χ1n) is 6.34. The number of hydrogen-bond acceptors (Lipinski definition) is 6. The summed E-state index contributed by atoms with van der Waals surface area (Å²) in [5.74, 6) is -0.578. The third-order valence-corrected chi connectivity index (χ3v) is 2.62. The average molecular weight is 295 g/mol. The fraction of sp³-hybridized carbons (Fsp3) is 0.385. The van der Waals surface area contributed by atoms with Gasteiger partial charge < -0.3 is 15.4 Å². The number of esters is 1. The van der Waals surface area contributed by atoms with Crippen molar-refractivity contribution < 1.29 is 19.2 Å². The van der Waals surface area contributed by atoms with Gasteiger partial charge in [-0.05, 0) is 12.5 Å². The second-order valence-electron chi connectivity index (χ2n) is 4.19. The quantitative estimate of drug-likeness (QED) is 0.321. The first-order valence-corrected chi connectivity index (χ1v) is 6.34. The van der Waals surface area contributed by atoms with Gasteiger partial charge in [0.2, 0.25) is 5.91 Å². The number of carbonyl (C=O) groups excluding carboxylic acids is 2. The zero-order valence-corrected chi connectivity index (χ0v) is 11.6. The van der Waals surface area contributed by atoms with Gasteiger partial charge in [-0.25, -0.2) is 0 Å². The van der Waals surface area contributed by atoms with Crippen LogP contribution in [-0.2, 0) is 14.3 Å². The van der Waals surface area contributed by atoms with E-state index in [1.807, 2.05) is 0 Å². The van der Waals surface area contributed by atoms with E-state index < -0.39 is 4.92 Å². The lowest BCUT2D eigenvalue weighted by molar-refractivity contribution is -0.384. The fourth-order valence-electron chi connectivity index (χ4n) is 1.54. The molecule has 0 saturated carbocycles. The zero-order chi connectivity index (χ0) is 15.7. The maximum Gasteiger partial charge on any atom is 0.305 e. The minimum absolute atomic E-state index is 0.000603. The lowest BCUT2D eigenvalue weighted by Crippen LogP contribution is -2.30. The van der Waals surface area contributed by atoms with E-state index in [4.69, 9.17) is 0 Å². The second kappa shape index (κ2) is 8.51. The van der Waals surface area contributed by atoms with Crippen LogP contribution in [0.1, 0.15) is 12.8 Å². The van der Waals surface area contributed by atoms with Crippen molar-refractivity contribution in [1.29, 1.82) is 0 Å².